The lowest BCUT2D eigenvalue weighted by atomic mass is 10.1. The van der Waals surface area contributed by atoms with Gasteiger partial charge in [-0.2, -0.15) is 0 Å². The number of methoxy groups -OCH3 is 1. The first-order valence-corrected chi connectivity index (χ1v) is 5.85. The molecule has 0 aromatic heterocycles. The minimum Gasteiger partial charge on any atom is -0.504 e. The molecular formula is C13H19NO4. The number of hydrogen-bond acceptors (Lipinski definition) is 4. The van der Waals surface area contributed by atoms with E-state index in [-0.39, 0.29) is 29.1 Å². The fourth-order valence-electron chi connectivity index (χ4n) is 1.55. The van der Waals surface area contributed by atoms with Gasteiger partial charge in [-0.05, 0) is 26.0 Å². The number of aromatic hydroxyl groups is 1. The molecule has 0 heterocycles. The van der Waals surface area contributed by atoms with E-state index >= 15 is 0 Å². The third-order valence-electron chi connectivity index (χ3n) is 2.46. The molecule has 0 aliphatic carbocycles. The van der Waals surface area contributed by atoms with E-state index in [1.807, 2.05) is 13.8 Å². The molecule has 0 aliphatic heterocycles. The fraction of sp³-hybridized carbons (Fsp3) is 0.462. The molecular weight excluding hydrogens is 234 g/mol. The zero-order chi connectivity index (χ0) is 13.5. The van der Waals surface area contributed by atoms with Crippen LogP contribution in [0.2, 0.25) is 0 Å². The van der Waals surface area contributed by atoms with Crippen molar-refractivity contribution in [3.8, 4) is 11.5 Å². The lowest BCUT2D eigenvalue weighted by molar-refractivity contribution is 0.0694. The van der Waals surface area contributed by atoms with E-state index in [0.717, 1.165) is 0 Å². The summed E-state index contributed by atoms with van der Waals surface area (Å²) in [5, 5.41) is 12.5. The summed E-state index contributed by atoms with van der Waals surface area (Å²) >= 11 is 0. The Morgan fingerprint density at radius 3 is 2.83 bits per heavy atom. The molecule has 1 aromatic rings. The number of rotatable bonds is 6. The van der Waals surface area contributed by atoms with Crippen molar-refractivity contribution in [1.82, 2.24) is 5.32 Å². The number of amides is 1. The monoisotopic (exact) mass is 253 g/mol. The number of carbonyl (C=O) groups is 1. The molecule has 1 amide bonds. The zero-order valence-electron chi connectivity index (χ0n) is 10.9. The van der Waals surface area contributed by atoms with E-state index in [0.29, 0.717) is 13.2 Å². The van der Waals surface area contributed by atoms with Crippen molar-refractivity contribution in [2.24, 2.45) is 0 Å². The van der Waals surface area contributed by atoms with Crippen LogP contribution in [0.15, 0.2) is 18.2 Å². The maximum absolute atomic E-state index is 11.9. The standard InChI is InChI=1S/C13H19NO4/c1-4-18-9(2)8-14-13(16)10-6-5-7-11(17-3)12(10)15/h5-7,9,15H,4,8H2,1-3H3,(H,14,16). The van der Waals surface area contributed by atoms with Gasteiger partial charge in [0, 0.05) is 13.2 Å². The molecule has 2 N–H and O–H groups in total. The van der Waals surface area contributed by atoms with E-state index < -0.39 is 0 Å². The minimum absolute atomic E-state index is 0.0632. The first kappa shape index (κ1) is 14.3. The normalized spacial score (nSPS) is 11.9. The highest BCUT2D eigenvalue weighted by atomic mass is 16.5. The molecule has 1 rings (SSSR count). The lowest BCUT2D eigenvalue weighted by Gasteiger charge is -2.13. The highest BCUT2D eigenvalue weighted by molar-refractivity contribution is 5.97. The van der Waals surface area contributed by atoms with Gasteiger partial charge in [-0.1, -0.05) is 6.07 Å². The quantitative estimate of drug-likeness (QED) is 0.807. The van der Waals surface area contributed by atoms with Gasteiger partial charge in [0.15, 0.2) is 11.5 Å². The van der Waals surface area contributed by atoms with Gasteiger partial charge in [0.05, 0.1) is 18.8 Å². The van der Waals surface area contributed by atoms with Gasteiger partial charge in [0.1, 0.15) is 0 Å². The Balaban J connectivity index is 2.67. The second-order valence-electron chi connectivity index (χ2n) is 3.83. The van der Waals surface area contributed by atoms with Crippen LogP contribution in [0.5, 0.6) is 11.5 Å². The summed E-state index contributed by atoms with van der Waals surface area (Å²) in [6.07, 6.45) is -0.0632. The van der Waals surface area contributed by atoms with Gasteiger partial charge in [-0.15, -0.1) is 0 Å². The number of ether oxygens (including phenoxy) is 2. The summed E-state index contributed by atoms with van der Waals surface area (Å²) in [6.45, 7) is 4.76. The summed E-state index contributed by atoms with van der Waals surface area (Å²) < 4.78 is 10.2. The Morgan fingerprint density at radius 1 is 1.50 bits per heavy atom. The molecule has 0 aliphatic rings. The average Bonchev–Trinajstić information content (AvgIpc) is 2.36. The summed E-state index contributed by atoms with van der Waals surface area (Å²) in [5.41, 5.74) is 0.193. The largest absolute Gasteiger partial charge is 0.504 e. The maximum Gasteiger partial charge on any atom is 0.255 e. The van der Waals surface area contributed by atoms with Gasteiger partial charge in [-0.25, -0.2) is 0 Å². The highest BCUT2D eigenvalue weighted by Crippen LogP contribution is 2.29. The second kappa shape index (κ2) is 6.86. The van der Waals surface area contributed by atoms with E-state index in [1.165, 1.54) is 7.11 Å². The van der Waals surface area contributed by atoms with Gasteiger partial charge < -0.3 is 19.9 Å². The molecule has 5 nitrogen and oxygen atoms in total. The first-order chi connectivity index (χ1) is 8.60. The number of hydrogen-bond donors (Lipinski definition) is 2. The molecule has 1 atom stereocenters. The number of carbonyl (C=O) groups excluding carboxylic acids is 1. The lowest BCUT2D eigenvalue weighted by Crippen LogP contribution is -2.32. The van der Waals surface area contributed by atoms with Crippen molar-refractivity contribution in [3.05, 3.63) is 23.8 Å². The summed E-state index contributed by atoms with van der Waals surface area (Å²) in [6, 6.07) is 4.78. The Hall–Kier alpha value is -1.75. The number of phenols is 1. The van der Waals surface area contributed by atoms with Crippen LogP contribution >= 0.6 is 0 Å². The molecule has 0 bridgehead atoms. The fourth-order valence-corrected chi connectivity index (χ4v) is 1.55. The number of nitrogens with one attached hydrogen (secondary N) is 1. The van der Waals surface area contributed by atoms with Crippen molar-refractivity contribution in [3.63, 3.8) is 0 Å². The van der Waals surface area contributed by atoms with Gasteiger partial charge in [0.2, 0.25) is 0 Å². The molecule has 0 radical (unpaired) electrons. The average molecular weight is 253 g/mol. The molecule has 0 fully saturated rings. The van der Waals surface area contributed by atoms with Crippen molar-refractivity contribution >= 4 is 5.91 Å². The van der Waals surface area contributed by atoms with Crippen LogP contribution in [-0.4, -0.2) is 37.4 Å². The third-order valence-corrected chi connectivity index (χ3v) is 2.46. The Kier molecular flexibility index (Phi) is 5.45. The summed E-state index contributed by atoms with van der Waals surface area (Å²) in [4.78, 5) is 11.9. The minimum atomic E-state index is -0.349. The number of benzene rings is 1. The molecule has 0 saturated heterocycles. The molecule has 0 saturated carbocycles. The molecule has 18 heavy (non-hydrogen) atoms. The third kappa shape index (κ3) is 3.63. The van der Waals surface area contributed by atoms with Crippen LogP contribution < -0.4 is 10.1 Å². The van der Waals surface area contributed by atoms with Crippen LogP contribution in [0.1, 0.15) is 24.2 Å². The van der Waals surface area contributed by atoms with E-state index in [2.05, 4.69) is 5.32 Å². The van der Waals surface area contributed by atoms with Crippen molar-refractivity contribution in [1.29, 1.82) is 0 Å². The van der Waals surface area contributed by atoms with Crippen molar-refractivity contribution < 1.29 is 19.4 Å². The Labute approximate surface area is 107 Å². The number of phenolic OH excluding ortho intramolecular Hbond substituents is 1. The predicted octanol–water partition coefficient (Wildman–Crippen LogP) is 1.56. The maximum atomic E-state index is 11.9. The van der Waals surface area contributed by atoms with E-state index in [4.69, 9.17) is 9.47 Å². The summed E-state index contributed by atoms with van der Waals surface area (Å²) in [7, 11) is 1.44. The molecule has 1 unspecified atom stereocenters. The predicted molar refractivity (Wildman–Crippen MR) is 68.1 cm³/mol. The second-order valence-corrected chi connectivity index (χ2v) is 3.83. The van der Waals surface area contributed by atoms with Crippen LogP contribution in [0.3, 0.4) is 0 Å². The van der Waals surface area contributed by atoms with Gasteiger partial charge in [-0.3, -0.25) is 4.79 Å². The topological polar surface area (TPSA) is 67.8 Å². The molecule has 5 heteroatoms. The van der Waals surface area contributed by atoms with Gasteiger partial charge >= 0.3 is 0 Å². The first-order valence-electron chi connectivity index (χ1n) is 5.85. The van der Waals surface area contributed by atoms with Crippen LogP contribution in [0, 0.1) is 0 Å². The molecule has 1 aromatic carbocycles. The smallest absolute Gasteiger partial charge is 0.255 e. The SMILES string of the molecule is CCOC(C)CNC(=O)c1cccc(OC)c1O. The zero-order valence-corrected chi connectivity index (χ0v) is 10.9. The molecule has 100 valence electrons. The number of para-hydroxylation sites is 1. The van der Waals surface area contributed by atoms with Crippen molar-refractivity contribution in [2.45, 2.75) is 20.0 Å². The van der Waals surface area contributed by atoms with Crippen LogP contribution in [0.25, 0.3) is 0 Å². The van der Waals surface area contributed by atoms with E-state index in [9.17, 15) is 9.90 Å². The van der Waals surface area contributed by atoms with Crippen molar-refractivity contribution in [2.75, 3.05) is 20.3 Å². The van der Waals surface area contributed by atoms with Crippen LogP contribution in [0.4, 0.5) is 0 Å². The summed E-state index contributed by atoms with van der Waals surface area (Å²) in [5.74, 6) is -0.222. The highest BCUT2D eigenvalue weighted by Gasteiger charge is 2.15. The van der Waals surface area contributed by atoms with E-state index in [1.54, 1.807) is 18.2 Å². The van der Waals surface area contributed by atoms with Crippen LogP contribution in [-0.2, 0) is 4.74 Å². The molecule has 0 spiro atoms. The van der Waals surface area contributed by atoms with Gasteiger partial charge in [0.25, 0.3) is 5.91 Å². The Morgan fingerprint density at radius 2 is 2.22 bits per heavy atom. The Bertz CT molecular complexity index is 406.